The van der Waals surface area contributed by atoms with Crippen molar-refractivity contribution >= 4 is 17.5 Å². The Kier molecular flexibility index (Phi) is 6.07. The zero-order valence-corrected chi connectivity index (χ0v) is 15.0. The van der Waals surface area contributed by atoms with E-state index in [2.05, 4.69) is 22.5 Å². The molecule has 2 aromatic rings. The van der Waals surface area contributed by atoms with Crippen LogP contribution in [0.2, 0.25) is 0 Å². The van der Waals surface area contributed by atoms with Crippen molar-refractivity contribution in [1.82, 2.24) is 10.2 Å². The molecular weight excluding hydrogens is 330 g/mol. The lowest BCUT2D eigenvalue weighted by molar-refractivity contribution is -0.117. The lowest BCUT2D eigenvalue weighted by Crippen LogP contribution is -2.38. The molecule has 0 saturated carbocycles. The van der Waals surface area contributed by atoms with E-state index in [1.807, 2.05) is 6.07 Å². The molecule has 1 aliphatic heterocycles. The molecule has 26 heavy (non-hydrogen) atoms. The van der Waals surface area contributed by atoms with Crippen LogP contribution in [0, 0.1) is 5.92 Å². The number of hydrogen-bond donors (Lipinski definition) is 2. The van der Waals surface area contributed by atoms with Gasteiger partial charge in [-0.1, -0.05) is 6.92 Å². The van der Waals surface area contributed by atoms with E-state index in [1.54, 1.807) is 36.6 Å². The van der Waals surface area contributed by atoms with Gasteiger partial charge in [0.05, 0.1) is 19.4 Å². The number of piperidine rings is 1. The van der Waals surface area contributed by atoms with Gasteiger partial charge in [0, 0.05) is 11.3 Å². The highest BCUT2D eigenvalue weighted by molar-refractivity contribution is 5.96. The van der Waals surface area contributed by atoms with Crippen LogP contribution in [-0.4, -0.2) is 36.3 Å². The maximum absolute atomic E-state index is 12.2. The Morgan fingerprint density at radius 2 is 1.88 bits per heavy atom. The van der Waals surface area contributed by atoms with E-state index < -0.39 is 0 Å². The van der Waals surface area contributed by atoms with Crippen molar-refractivity contribution in [2.24, 2.45) is 5.92 Å². The van der Waals surface area contributed by atoms with E-state index in [0.717, 1.165) is 31.8 Å². The number of amides is 2. The second-order valence-electron chi connectivity index (χ2n) is 6.85. The van der Waals surface area contributed by atoms with Crippen molar-refractivity contribution in [1.29, 1.82) is 0 Å². The number of anilines is 1. The number of nitrogens with zero attached hydrogens (tertiary/aromatic N) is 1. The summed E-state index contributed by atoms with van der Waals surface area (Å²) in [6.07, 6.45) is 3.87. The SMILES string of the molecule is CC1CCN(CC(=O)Nc2ccc(C(=O)NCc3ccco3)cc2)CC1. The molecule has 0 aliphatic carbocycles. The largest absolute Gasteiger partial charge is 0.467 e. The van der Waals surface area contributed by atoms with Gasteiger partial charge in [-0.2, -0.15) is 0 Å². The molecule has 1 saturated heterocycles. The van der Waals surface area contributed by atoms with Crippen molar-refractivity contribution in [3.05, 3.63) is 54.0 Å². The average molecular weight is 355 g/mol. The molecule has 6 heteroatoms. The molecular formula is C20H25N3O3. The maximum atomic E-state index is 12.2. The lowest BCUT2D eigenvalue weighted by atomic mass is 9.99. The molecule has 1 aromatic heterocycles. The maximum Gasteiger partial charge on any atom is 0.251 e. The van der Waals surface area contributed by atoms with Crippen molar-refractivity contribution in [2.75, 3.05) is 25.0 Å². The minimum Gasteiger partial charge on any atom is -0.467 e. The van der Waals surface area contributed by atoms with Gasteiger partial charge < -0.3 is 15.1 Å². The summed E-state index contributed by atoms with van der Waals surface area (Å²) in [6, 6.07) is 10.5. The van der Waals surface area contributed by atoms with E-state index in [0.29, 0.717) is 30.1 Å². The number of furan rings is 1. The Morgan fingerprint density at radius 3 is 2.54 bits per heavy atom. The number of rotatable bonds is 6. The third-order valence-electron chi connectivity index (χ3n) is 4.68. The van der Waals surface area contributed by atoms with Crippen LogP contribution in [0.15, 0.2) is 47.1 Å². The number of carbonyl (C=O) groups excluding carboxylic acids is 2. The normalized spacial score (nSPS) is 15.6. The minimum atomic E-state index is -0.179. The first-order chi connectivity index (χ1) is 12.6. The van der Waals surface area contributed by atoms with Gasteiger partial charge in [-0.3, -0.25) is 14.5 Å². The van der Waals surface area contributed by atoms with Crippen LogP contribution in [0.4, 0.5) is 5.69 Å². The van der Waals surface area contributed by atoms with Crippen molar-refractivity contribution < 1.29 is 14.0 Å². The fourth-order valence-electron chi connectivity index (χ4n) is 3.01. The molecule has 138 valence electrons. The van der Waals surface area contributed by atoms with Crippen LogP contribution in [0.5, 0.6) is 0 Å². The van der Waals surface area contributed by atoms with Gasteiger partial charge in [0.25, 0.3) is 5.91 Å². The molecule has 0 unspecified atom stereocenters. The van der Waals surface area contributed by atoms with Gasteiger partial charge in [-0.05, 0) is 68.2 Å². The predicted molar refractivity (Wildman–Crippen MR) is 99.8 cm³/mol. The van der Waals surface area contributed by atoms with E-state index in [-0.39, 0.29) is 11.8 Å². The third kappa shape index (κ3) is 5.20. The molecule has 1 fully saturated rings. The minimum absolute atomic E-state index is 0.0189. The van der Waals surface area contributed by atoms with Gasteiger partial charge in [0.1, 0.15) is 5.76 Å². The topological polar surface area (TPSA) is 74.6 Å². The van der Waals surface area contributed by atoms with Crippen LogP contribution in [0.3, 0.4) is 0 Å². The van der Waals surface area contributed by atoms with E-state index in [4.69, 9.17) is 4.42 Å². The highest BCUT2D eigenvalue weighted by Gasteiger charge is 2.18. The average Bonchev–Trinajstić information content (AvgIpc) is 3.16. The quantitative estimate of drug-likeness (QED) is 0.836. The highest BCUT2D eigenvalue weighted by Crippen LogP contribution is 2.16. The van der Waals surface area contributed by atoms with Crippen molar-refractivity contribution in [2.45, 2.75) is 26.3 Å². The predicted octanol–water partition coefficient (Wildman–Crippen LogP) is 2.88. The second-order valence-corrected chi connectivity index (χ2v) is 6.85. The van der Waals surface area contributed by atoms with Gasteiger partial charge >= 0.3 is 0 Å². The number of nitrogens with one attached hydrogen (secondary N) is 2. The van der Waals surface area contributed by atoms with Crippen LogP contribution in [0.25, 0.3) is 0 Å². The van der Waals surface area contributed by atoms with Crippen LogP contribution in [0.1, 0.15) is 35.9 Å². The molecule has 1 aromatic carbocycles. The smallest absolute Gasteiger partial charge is 0.251 e. The molecule has 0 spiro atoms. The number of likely N-dealkylation sites (tertiary alicyclic amines) is 1. The first-order valence-electron chi connectivity index (χ1n) is 9.03. The summed E-state index contributed by atoms with van der Waals surface area (Å²) < 4.78 is 5.18. The summed E-state index contributed by atoms with van der Waals surface area (Å²) in [5, 5.41) is 5.69. The number of benzene rings is 1. The van der Waals surface area contributed by atoms with Gasteiger partial charge in [-0.25, -0.2) is 0 Å². The molecule has 0 bridgehead atoms. The molecule has 2 N–H and O–H groups in total. The molecule has 3 rings (SSSR count). The Hall–Kier alpha value is -2.60. The number of hydrogen-bond acceptors (Lipinski definition) is 4. The Bertz CT molecular complexity index is 717. The third-order valence-corrected chi connectivity index (χ3v) is 4.68. The van der Waals surface area contributed by atoms with Gasteiger partial charge in [0.15, 0.2) is 0 Å². The van der Waals surface area contributed by atoms with Crippen LogP contribution >= 0.6 is 0 Å². The zero-order chi connectivity index (χ0) is 18.4. The molecule has 2 heterocycles. The summed E-state index contributed by atoms with van der Waals surface area (Å²) in [7, 11) is 0. The molecule has 0 atom stereocenters. The molecule has 2 amide bonds. The van der Waals surface area contributed by atoms with Gasteiger partial charge in [0.2, 0.25) is 5.91 Å². The summed E-state index contributed by atoms with van der Waals surface area (Å²) >= 11 is 0. The van der Waals surface area contributed by atoms with Crippen molar-refractivity contribution in [3.63, 3.8) is 0 Å². The van der Waals surface area contributed by atoms with E-state index in [9.17, 15) is 9.59 Å². The Morgan fingerprint density at radius 1 is 1.15 bits per heavy atom. The highest BCUT2D eigenvalue weighted by atomic mass is 16.3. The fourth-order valence-corrected chi connectivity index (χ4v) is 3.01. The van der Waals surface area contributed by atoms with Crippen LogP contribution < -0.4 is 10.6 Å². The number of carbonyl (C=O) groups is 2. The van der Waals surface area contributed by atoms with Crippen molar-refractivity contribution in [3.8, 4) is 0 Å². The molecule has 1 aliphatic rings. The fraction of sp³-hybridized carbons (Fsp3) is 0.400. The second kappa shape index (κ2) is 8.67. The first kappa shape index (κ1) is 18.2. The first-order valence-corrected chi connectivity index (χ1v) is 9.03. The lowest BCUT2D eigenvalue weighted by Gasteiger charge is -2.29. The monoisotopic (exact) mass is 355 g/mol. The molecule has 0 radical (unpaired) electrons. The standard InChI is InChI=1S/C20H25N3O3/c1-15-8-10-23(11-9-15)14-19(24)22-17-6-4-16(5-7-17)20(25)21-13-18-3-2-12-26-18/h2-7,12,15H,8-11,13-14H2,1H3,(H,21,25)(H,22,24). The summed E-state index contributed by atoms with van der Waals surface area (Å²) in [5.41, 5.74) is 1.24. The summed E-state index contributed by atoms with van der Waals surface area (Å²) in [6.45, 7) is 4.97. The van der Waals surface area contributed by atoms with E-state index >= 15 is 0 Å². The Balaban J connectivity index is 1.46. The Labute approximate surface area is 153 Å². The van der Waals surface area contributed by atoms with E-state index in [1.165, 1.54) is 0 Å². The van der Waals surface area contributed by atoms with Gasteiger partial charge in [-0.15, -0.1) is 0 Å². The summed E-state index contributed by atoms with van der Waals surface area (Å²) in [5.74, 6) is 1.26. The van der Waals surface area contributed by atoms with Crippen LogP contribution in [-0.2, 0) is 11.3 Å². The zero-order valence-electron chi connectivity index (χ0n) is 15.0. The molecule has 6 nitrogen and oxygen atoms in total. The summed E-state index contributed by atoms with van der Waals surface area (Å²) in [4.78, 5) is 26.5.